The average Bonchev–Trinajstić information content (AvgIpc) is 2.92. The first-order valence-corrected chi connectivity index (χ1v) is 17.2. The SMILES string of the molecule is CC(C)(C)[Si](C)(C)OC[C@H]1O[C@@H](c2cnc(Cl)nc2Cl)C[C@@H]1O[Si](C)(C)C(C)(C)C. The van der Waals surface area contributed by atoms with E-state index in [9.17, 15) is 0 Å². The molecule has 0 spiro atoms. The predicted octanol–water partition coefficient (Wildman–Crippen LogP) is 7.03. The number of rotatable bonds is 6. The lowest BCUT2D eigenvalue weighted by Gasteiger charge is -2.40. The highest BCUT2D eigenvalue weighted by atomic mass is 35.5. The van der Waals surface area contributed by atoms with E-state index < -0.39 is 16.6 Å². The summed E-state index contributed by atoms with van der Waals surface area (Å²) < 4.78 is 19.7. The van der Waals surface area contributed by atoms with Crippen LogP contribution in [0.4, 0.5) is 0 Å². The minimum Gasteiger partial charge on any atom is -0.414 e. The largest absolute Gasteiger partial charge is 0.414 e. The number of nitrogens with zero attached hydrogens (tertiary/aromatic N) is 2. The van der Waals surface area contributed by atoms with Crippen LogP contribution in [0.1, 0.15) is 59.6 Å². The van der Waals surface area contributed by atoms with Crippen molar-refractivity contribution in [3.8, 4) is 0 Å². The summed E-state index contributed by atoms with van der Waals surface area (Å²) in [6.07, 6.45) is 1.89. The minimum absolute atomic E-state index is 0.0626. The molecule has 2 rings (SSSR count). The second-order valence-corrected chi connectivity index (χ2v) is 21.5. The third kappa shape index (κ3) is 6.06. The molecule has 172 valence electrons. The molecule has 3 atom stereocenters. The molecule has 0 unspecified atom stereocenters. The Balaban J connectivity index is 2.26. The van der Waals surface area contributed by atoms with Crippen molar-refractivity contribution in [1.29, 1.82) is 0 Å². The van der Waals surface area contributed by atoms with Crippen LogP contribution in [0.2, 0.25) is 46.7 Å². The Bertz CT molecular complexity index is 749. The van der Waals surface area contributed by atoms with Gasteiger partial charge in [0.15, 0.2) is 16.6 Å². The normalized spacial score (nSPS) is 23.8. The molecule has 0 radical (unpaired) electrons. The van der Waals surface area contributed by atoms with Gasteiger partial charge in [-0.25, -0.2) is 9.97 Å². The third-order valence-corrected chi connectivity index (χ3v) is 16.4. The zero-order valence-electron chi connectivity index (χ0n) is 20.1. The molecule has 1 fully saturated rings. The summed E-state index contributed by atoms with van der Waals surface area (Å²) in [7, 11) is -3.90. The molecule has 1 aromatic heterocycles. The van der Waals surface area contributed by atoms with Crippen LogP contribution in [0.3, 0.4) is 0 Å². The molecule has 0 bridgehead atoms. The molecule has 0 aromatic carbocycles. The van der Waals surface area contributed by atoms with Gasteiger partial charge in [-0.05, 0) is 47.9 Å². The Morgan fingerprint density at radius 2 is 1.60 bits per heavy atom. The Morgan fingerprint density at radius 3 is 2.10 bits per heavy atom. The summed E-state index contributed by atoms with van der Waals surface area (Å²) in [4.78, 5) is 8.18. The molecule has 1 saturated heterocycles. The van der Waals surface area contributed by atoms with Gasteiger partial charge in [-0.15, -0.1) is 0 Å². The number of ether oxygens (including phenoxy) is 1. The summed E-state index contributed by atoms with van der Waals surface area (Å²) in [6.45, 7) is 23.0. The third-order valence-electron chi connectivity index (χ3n) is 6.95. The van der Waals surface area contributed by atoms with Gasteiger partial charge in [0.25, 0.3) is 0 Å². The Kier molecular flexibility index (Phi) is 7.94. The maximum atomic E-state index is 6.78. The Hall–Kier alpha value is -0.0262. The van der Waals surface area contributed by atoms with Crippen LogP contribution in [0.15, 0.2) is 6.20 Å². The van der Waals surface area contributed by atoms with Crippen molar-refractivity contribution < 1.29 is 13.6 Å². The Morgan fingerprint density at radius 1 is 1.03 bits per heavy atom. The number of aromatic nitrogens is 2. The van der Waals surface area contributed by atoms with Gasteiger partial charge < -0.3 is 13.6 Å². The topological polar surface area (TPSA) is 53.5 Å². The second kappa shape index (κ2) is 9.08. The molecule has 30 heavy (non-hydrogen) atoms. The van der Waals surface area contributed by atoms with Crippen molar-refractivity contribution in [3.63, 3.8) is 0 Å². The van der Waals surface area contributed by atoms with Crippen molar-refractivity contribution in [1.82, 2.24) is 9.97 Å². The molecule has 1 aliphatic rings. The van der Waals surface area contributed by atoms with Crippen LogP contribution >= 0.6 is 23.2 Å². The van der Waals surface area contributed by atoms with Crippen LogP contribution < -0.4 is 0 Å². The standard InChI is InChI=1S/C21H38Cl2N2O3Si2/c1-20(2,3)29(7,8)26-13-17-16(28-30(9,10)21(4,5)6)11-15(27-17)14-12-24-19(23)25-18(14)22/h12,15-17H,11,13H2,1-10H3/t15-,16+,17-/m1/s1. The van der Waals surface area contributed by atoms with Crippen LogP contribution in [-0.2, 0) is 13.6 Å². The van der Waals surface area contributed by atoms with Crippen LogP contribution in [-0.4, -0.2) is 45.4 Å². The van der Waals surface area contributed by atoms with E-state index in [2.05, 4.69) is 77.7 Å². The van der Waals surface area contributed by atoms with E-state index in [1.165, 1.54) is 0 Å². The molecule has 0 saturated carbocycles. The summed E-state index contributed by atoms with van der Waals surface area (Å²) in [5.41, 5.74) is 0.750. The van der Waals surface area contributed by atoms with Gasteiger partial charge in [0.05, 0.1) is 18.8 Å². The highest BCUT2D eigenvalue weighted by Crippen LogP contribution is 2.44. The predicted molar refractivity (Wildman–Crippen MR) is 130 cm³/mol. The van der Waals surface area contributed by atoms with Crippen LogP contribution in [0, 0.1) is 0 Å². The van der Waals surface area contributed by atoms with E-state index in [-0.39, 0.29) is 33.7 Å². The highest BCUT2D eigenvalue weighted by Gasteiger charge is 2.46. The monoisotopic (exact) mass is 492 g/mol. The number of hydrogen-bond donors (Lipinski definition) is 0. The molecule has 5 nitrogen and oxygen atoms in total. The molecule has 0 aliphatic carbocycles. The van der Waals surface area contributed by atoms with E-state index in [1.807, 2.05) is 0 Å². The van der Waals surface area contributed by atoms with Gasteiger partial charge >= 0.3 is 0 Å². The molecule has 1 aliphatic heterocycles. The summed E-state index contributed by atoms with van der Waals surface area (Å²) in [6, 6.07) is 0. The zero-order valence-corrected chi connectivity index (χ0v) is 23.6. The summed E-state index contributed by atoms with van der Waals surface area (Å²) in [5.74, 6) is 0. The van der Waals surface area contributed by atoms with E-state index in [0.29, 0.717) is 18.2 Å². The second-order valence-electron chi connectivity index (χ2n) is 11.3. The van der Waals surface area contributed by atoms with Gasteiger partial charge in [0.1, 0.15) is 11.3 Å². The van der Waals surface area contributed by atoms with Crippen molar-refractivity contribution in [2.75, 3.05) is 6.61 Å². The van der Waals surface area contributed by atoms with Gasteiger partial charge in [-0.1, -0.05) is 53.1 Å². The first-order chi connectivity index (χ1) is 13.4. The fourth-order valence-electron chi connectivity index (χ4n) is 2.82. The quantitative estimate of drug-likeness (QED) is 0.242. The molecular formula is C21H38Cl2N2O3Si2. The van der Waals surface area contributed by atoms with Crippen molar-refractivity contribution in [2.45, 2.75) is 103 Å². The van der Waals surface area contributed by atoms with Crippen molar-refractivity contribution in [2.24, 2.45) is 0 Å². The maximum absolute atomic E-state index is 6.78. The van der Waals surface area contributed by atoms with Gasteiger partial charge in [-0.3, -0.25) is 0 Å². The number of hydrogen-bond acceptors (Lipinski definition) is 5. The molecule has 9 heteroatoms. The lowest BCUT2D eigenvalue weighted by Crippen LogP contribution is -2.48. The molecular weight excluding hydrogens is 455 g/mol. The smallest absolute Gasteiger partial charge is 0.223 e. The Labute approximate surface area is 194 Å². The lowest BCUT2D eigenvalue weighted by atomic mass is 10.1. The van der Waals surface area contributed by atoms with Crippen molar-refractivity contribution in [3.05, 3.63) is 22.2 Å². The first-order valence-electron chi connectivity index (χ1n) is 10.6. The molecule has 0 amide bonds. The van der Waals surface area contributed by atoms with Gasteiger partial charge in [-0.2, -0.15) is 0 Å². The number of halogens is 2. The van der Waals surface area contributed by atoms with E-state index in [0.717, 1.165) is 5.56 Å². The van der Waals surface area contributed by atoms with Crippen LogP contribution in [0.5, 0.6) is 0 Å². The molecule has 0 N–H and O–H groups in total. The molecule has 2 heterocycles. The fraction of sp³-hybridized carbons (Fsp3) is 0.810. The zero-order chi connectivity index (χ0) is 23.1. The average molecular weight is 494 g/mol. The maximum Gasteiger partial charge on any atom is 0.223 e. The van der Waals surface area contributed by atoms with Crippen molar-refractivity contribution >= 4 is 39.8 Å². The van der Waals surface area contributed by atoms with E-state index >= 15 is 0 Å². The fourth-order valence-corrected chi connectivity index (χ4v) is 5.62. The molecule has 1 aromatic rings. The highest BCUT2D eigenvalue weighted by molar-refractivity contribution is 6.74. The van der Waals surface area contributed by atoms with Gasteiger partial charge in [0, 0.05) is 18.2 Å². The van der Waals surface area contributed by atoms with E-state index in [4.69, 9.17) is 36.8 Å². The lowest BCUT2D eigenvalue weighted by molar-refractivity contribution is -0.0166. The van der Waals surface area contributed by atoms with E-state index in [1.54, 1.807) is 6.20 Å². The summed E-state index contributed by atoms with van der Waals surface area (Å²) in [5, 5.41) is 0.705. The first kappa shape index (κ1) is 26.2. The van der Waals surface area contributed by atoms with Crippen LogP contribution in [0.25, 0.3) is 0 Å². The minimum atomic E-state index is -1.99. The summed E-state index contributed by atoms with van der Waals surface area (Å²) >= 11 is 12.2. The van der Waals surface area contributed by atoms with Gasteiger partial charge in [0.2, 0.25) is 5.28 Å².